The van der Waals surface area contributed by atoms with Gasteiger partial charge in [-0.3, -0.25) is 9.78 Å². The molecule has 0 unspecified atom stereocenters. The predicted molar refractivity (Wildman–Crippen MR) is 73.8 cm³/mol. The summed E-state index contributed by atoms with van der Waals surface area (Å²) in [4.78, 5) is 22.5. The van der Waals surface area contributed by atoms with Gasteiger partial charge in [0.2, 0.25) is 0 Å². The molecule has 0 radical (unpaired) electrons. The first-order valence-electron chi connectivity index (χ1n) is 6.83. The number of likely N-dealkylation sites (tertiary alicyclic amines) is 1. The Morgan fingerprint density at radius 2 is 2.05 bits per heavy atom. The Kier molecular flexibility index (Phi) is 4.14. The van der Waals surface area contributed by atoms with Gasteiger partial charge in [0.25, 0.3) is 5.91 Å². The quantitative estimate of drug-likeness (QED) is 0.896. The van der Waals surface area contributed by atoms with Crippen molar-refractivity contribution in [2.24, 2.45) is 0 Å². The van der Waals surface area contributed by atoms with Gasteiger partial charge in [-0.05, 0) is 33.6 Å². The molecular formula is C14H22N4O. The highest BCUT2D eigenvalue weighted by Gasteiger charge is 2.32. The van der Waals surface area contributed by atoms with Gasteiger partial charge in [-0.2, -0.15) is 0 Å². The van der Waals surface area contributed by atoms with E-state index >= 15 is 0 Å². The van der Waals surface area contributed by atoms with Crippen LogP contribution in [0.4, 0.5) is 0 Å². The van der Waals surface area contributed by atoms with Gasteiger partial charge in [-0.25, -0.2) is 4.98 Å². The van der Waals surface area contributed by atoms with Gasteiger partial charge in [-0.15, -0.1) is 0 Å². The van der Waals surface area contributed by atoms with E-state index in [2.05, 4.69) is 41.0 Å². The van der Waals surface area contributed by atoms with E-state index in [1.165, 1.54) is 6.20 Å². The second kappa shape index (κ2) is 5.65. The average Bonchev–Trinajstić information content (AvgIpc) is 2.40. The van der Waals surface area contributed by atoms with Crippen LogP contribution < -0.4 is 5.32 Å². The van der Waals surface area contributed by atoms with E-state index in [1.807, 2.05) is 0 Å². The van der Waals surface area contributed by atoms with Crippen LogP contribution in [-0.4, -0.2) is 45.4 Å². The van der Waals surface area contributed by atoms with Gasteiger partial charge < -0.3 is 10.2 Å². The number of hydrogen-bond donors (Lipinski definition) is 1. The fraction of sp³-hybridized carbons (Fsp3) is 0.643. The summed E-state index contributed by atoms with van der Waals surface area (Å²) in [5, 5.41) is 3.10. The minimum atomic E-state index is -0.139. The summed E-state index contributed by atoms with van der Waals surface area (Å²) in [6, 6.07) is 0.570. The Hall–Kier alpha value is -1.49. The van der Waals surface area contributed by atoms with E-state index in [1.54, 1.807) is 12.4 Å². The Labute approximate surface area is 114 Å². The third-order valence-corrected chi connectivity index (χ3v) is 3.84. The largest absolute Gasteiger partial charge is 0.345 e. The Balaban J connectivity index is 1.94. The molecule has 2 heterocycles. The van der Waals surface area contributed by atoms with Gasteiger partial charge >= 0.3 is 0 Å². The number of carbonyl (C=O) groups is 1. The molecule has 1 aromatic heterocycles. The van der Waals surface area contributed by atoms with Crippen molar-refractivity contribution in [3.05, 3.63) is 24.3 Å². The van der Waals surface area contributed by atoms with Crippen molar-refractivity contribution in [1.82, 2.24) is 20.2 Å². The summed E-state index contributed by atoms with van der Waals surface area (Å²) in [6.07, 6.45) is 6.55. The zero-order valence-corrected chi connectivity index (χ0v) is 11.9. The molecule has 1 amide bonds. The molecule has 5 heteroatoms. The molecule has 1 aliphatic rings. The van der Waals surface area contributed by atoms with Crippen molar-refractivity contribution in [3.63, 3.8) is 0 Å². The maximum atomic E-state index is 12.1. The molecule has 1 fully saturated rings. The third kappa shape index (κ3) is 3.50. The molecule has 5 nitrogen and oxygen atoms in total. The highest BCUT2D eigenvalue weighted by atomic mass is 16.2. The predicted octanol–water partition coefficient (Wildman–Crippen LogP) is 1.47. The molecule has 1 N–H and O–H groups in total. The summed E-state index contributed by atoms with van der Waals surface area (Å²) in [5.74, 6) is -0.131. The number of carbonyl (C=O) groups excluding carboxylic acids is 1. The van der Waals surface area contributed by atoms with Crippen LogP contribution in [0.1, 0.15) is 44.1 Å². The molecule has 19 heavy (non-hydrogen) atoms. The number of rotatable bonds is 3. The summed E-state index contributed by atoms with van der Waals surface area (Å²) in [5.41, 5.74) is 0.245. The molecule has 1 aliphatic heterocycles. The first kappa shape index (κ1) is 13.9. The fourth-order valence-corrected chi connectivity index (χ4v) is 2.41. The standard InChI is InChI=1S/C14H22N4O/c1-11(2)18-8-4-14(3,5-9-18)17-13(19)12-10-15-6-7-16-12/h6-7,10-11H,4-5,8-9H2,1-3H3,(H,17,19). The maximum absolute atomic E-state index is 12.1. The van der Waals surface area contributed by atoms with Crippen LogP contribution in [0.2, 0.25) is 0 Å². The summed E-state index contributed by atoms with van der Waals surface area (Å²) < 4.78 is 0. The first-order valence-corrected chi connectivity index (χ1v) is 6.83. The number of nitrogens with zero attached hydrogens (tertiary/aromatic N) is 3. The van der Waals surface area contributed by atoms with E-state index in [-0.39, 0.29) is 11.4 Å². The SMILES string of the molecule is CC(C)N1CCC(C)(NC(=O)c2cnccn2)CC1. The van der Waals surface area contributed by atoms with Crippen molar-refractivity contribution in [1.29, 1.82) is 0 Å². The van der Waals surface area contributed by atoms with Gasteiger partial charge in [-0.1, -0.05) is 0 Å². The lowest BCUT2D eigenvalue weighted by molar-refractivity contribution is 0.0796. The third-order valence-electron chi connectivity index (χ3n) is 3.84. The molecule has 0 saturated carbocycles. The smallest absolute Gasteiger partial charge is 0.271 e. The zero-order valence-electron chi connectivity index (χ0n) is 11.9. The van der Waals surface area contributed by atoms with Crippen LogP contribution in [0.25, 0.3) is 0 Å². The van der Waals surface area contributed by atoms with Crippen molar-refractivity contribution in [3.8, 4) is 0 Å². The summed E-state index contributed by atoms with van der Waals surface area (Å²) in [7, 11) is 0. The second-order valence-corrected chi connectivity index (χ2v) is 5.74. The summed E-state index contributed by atoms with van der Waals surface area (Å²) in [6.45, 7) is 8.57. The van der Waals surface area contributed by atoms with Crippen LogP contribution in [0.3, 0.4) is 0 Å². The van der Waals surface area contributed by atoms with Crippen molar-refractivity contribution >= 4 is 5.91 Å². The lowest BCUT2D eigenvalue weighted by Gasteiger charge is -2.41. The van der Waals surface area contributed by atoms with Crippen LogP contribution in [0, 0.1) is 0 Å². The van der Waals surface area contributed by atoms with Crippen molar-refractivity contribution in [2.75, 3.05) is 13.1 Å². The minimum absolute atomic E-state index is 0.131. The fourth-order valence-electron chi connectivity index (χ4n) is 2.41. The maximum Gasteiger partial charge on any atom is 0.271 e. The number of aromatic nitrogens is 2. The van der Waals surface area contributed by atoms with Gasteiger partial charge in [0.05, 0.1) is 6.20 Å². The van der Waals surface area contributed by atoms with Crippen LogP contribution in [-0.2, 0) is 0 Å². The molecule has 1 aromatic rings. The highest BCUT2D eigenvalue weighted by Crippen LogP contribution is 2.23. The Morgan fingerprint density at radius 1 is 1.37 bits per heavy atom. The Bertz CT molecular complexity index is 424. The van der Waals surface area contributed by atoms with Crippen LogP contribution in [0.15, 0.2) is 18.6 Å². The number of piperidine rings is 1. The average molecular weight is 262 g/mol. The van der Waals surface area contributed by atoms with Gasteiger partial charge in [0, 0.05) is 37.1 Å². The monoisotopic (exact) mass is 262 g/mol. The molecule has 2 rings (SSSR count). The lowest BCUT2D eigenvalue weighted by atomic mass is 9.89. The molecule has 0 aromatic carbocycles. The van der Waals surface area contributed by atoms with Gasteiger partial charge in [0.1, 0.15) is 5.69 Å². The summed E-state index contributed by atoms with van der Waals surface area (Å²) >= 11 is 0. The number of nitrogens with one attached hydrogen (secondary N) is 1. The number of amides is 1. The van der Waals surface area contributed by atoms with E-state index in [0.717, 1.165) is 25.9 Å². The molecule has 0 aliphatic carbocycles. The second-order valence-electron chi connectivity index (χ2n) is 5.74. The number of hydrogen-bond acceptors (Lipinski definition) is 4. The lowest BCUT2D eigenvalue weighted by Crippen LogP contribution is -2.54. The highest BCUT2D eigenvalue weighted by molar-refractivity contribution is 5.92. The normalized spacial score (nSPS) is 19.4. The first-order chi connectivity index (χ1) is 9.00. The van der Waals surface area contributed by atoms with E-state index in [0.29, 0.717) is 11.7 Å². The van der Waals surface area contributed by atoms with E-state index < -0.39 is 0 Å². The minimum Gasteiger partial charge on any atom is -0.345 e. The zero-order chi connectivity index (χ0) is 13.9. The molecule has 0 atom stereocenters. The molecule has 0 bridgehead atoms. The van der Waals surface area contributed by atoms with Crippen LogP contribution in [0.5, 0.6) is 0 Å². The van der Waals surface area contributed by atoms with E-state index in [4.69, 9.17) is 0 Å². The molecule has 104 valence electrons. The van der Waals surface area contributed by atoms with Crippen LogP contribution >= 0.6 is 0 Å². The molecule has 1 saturated heterocycles. The van der Waals surface area contributed by atoms with Gasteiger partial charge in [0.15, 0.2) is 0 Å². The molecular weight excluding hydrogens is 240 g/mol. The topological polar surface area (TPSA) is 58.1 Å². The van der Waals surface area contributed by atoms with Crippen molar-refractivity contribution < 1.29 is 4.79 Å². The van der Waals surface area contributed by atoms with Crippen molar-refractivity contribution in [2.45, 2.75) is 45.2 Å². The van der Waals surface area contributed by atoms with E-state index in [9.17, 15) is 4.79 Å². The Morgan fingerprint density at radius 3 is 2.58 bits per heavy atom. The molecule has 0 spiro atoms.